The van der Waals surface area contributed by atoms with Crippen molar-refractivity contribution in [1.29, 1.82) is 5.26 Å². The molecule has 1 fully saturated rings. The number of hydrogen-bond donors (Lipinski definition) is 0. The Morgan fingerprint density at radius 1 is 1.47 bits per heavy atom. The van der Waals surface area contributed by atoms with Gasteiger partial charge in [0.2, 0.25) is 0 Å². The average molecular weight is 234 g/mol. The van der Waals surface area contributed by atoms with Gasteiger partial charge < -0.3 is 4.74 Å². The Morgan fingerprint density at radius 2 is 2.24 bits per heavy atom. The molecule has 0 aromatic carbocycles. The summed E-state index contributed by atoms with van der Waals surface area (Å²) in [6.45, 7) is 1.36. The number of hydrogen-bond acceptors (Lipinski definition) is 4. The number of nitrogens with zero attached hydrogens (tertiary/aromatic N) is 4. The highest BCUT2D eigenvalue weighted by atomic mass is 16.5. The summed E-state index contributed by atoms with van der Waals surface area (Å²) < 4.78 is 7.00. The molecule has 0 amide bonds. The quantitative estimate of drug-likeness (QED) is 0.777. The molecule has 0 spiro atoms. The predicted molar refractivity (Wildman–Crippen MR) is 62.4 cm³/mol. The van der Waals surface area contributed by atoms with Crippen LogP contribution < -0.4 is 0 Å². The lowest BCUT2D eigenvalue weighted by Gasteiger charge is -2.12. The zero-order chi connectivity index (χ0) is 12.1. The van der Waals surface area contributed by atoms with E-state index in [-0.39, 0.29) is 0 Å². The minimum Gasteiger partial charge on any atom is -0.383 e. The smallest absolute Gasteiger partial charge is 0.100 e. The number of ether oxygens (including phenoxy) is 1. The van der Waals surface area contributed by atoms with Gasteiger partial charge in [0, 0.05) is 13.0 Å². The first kappa shape index (κ1) is 12.1. The zero-order valence-corrected chi connectivity index (χ0v) is 10.2. The molecule has 1 saturated carbocycles. The van der Waals surface area contributed by atoms with Gasteiger partial charge in [-0.05, 0) is 12.8 Å². The molecule has 1 aliphatic carbocycles. The average Bonchev–Trinajstić information content (AvgIpc) is 2.95. The van der Waals surface area contributed by atoms with Crippen molar-refractivity contribution in [2.45, 2.75) is 44.6 Å². The lowest BCUT2D eigenvalue weighted by molar-refractivity contribution is 0.181. The molecule has 0 saturated heterocycles. The molecule has 17 heavy (non-hydrogen) atoms. The van der Waals surface area contributed by atoms with Gasteiger partial charge in [-0.25, -0.2) is 4.68 Å². The molecule has 0 aliphatic heterocycles. The predicted octanol–water partition coefficient (Wildman–Crippen LogP) is 1.65. The third-order valence-corrected chi connectivity index (χ3v) is 3.34. The highest BCUT2D eigenvalue weighted by Crippen LogP contribution is 2.35. The summed E-state index contributed by atoms with van der Waals surface area (Å²) in [6, 6.07) is 2.17. The lowest BCUT2D eigenvalue weighted by Crippen LogP contribution is -2.12. The second-order valence-electron chi connectivity index (χ2n) is 4.45. The summed E-state index contributed by atoms with van der Waals surface area (Å²) in [5.41, 5.74) is 2.02. The second-order valence-corrected chi connectivity index (χ2v) is 4.45. The maximum atomic E-state index is 8.82. The first-order chi connectivity index (χ1) is 8.36. The van der Waals surface area contributed by atoms with Crippen LogP contribution in [0.4, 0.5) is 0 Å². The maximum absolute atomic E-state index is 8.82. The first-order valence-electron chi connectivity index (χ1n) is 6.15. The standard InChI is InChI=1S/C12H18N4O/c1-17-9-8-16-12(10-4-2-3-5-10)11(6-7-13)14-15-16/h10H,2-6,8-9H2,1H3. The van der Waals surface area contributed by atoms with Crippen molar-refractivity contribution < 1.29 is 4.74 Å². The van der Waals surface area contributed by atoms with Crippen molar-refractivity contribution in [1.82, 2.24) is 15.0 Å². The first-order valence-corrected chi connectivity index (χ1v) is 6.15. The highest BCUT2D eigenvalue weighted by molar-refractivity contribution is 5.19. The van der Waals surface area contributed by atoms with Crippen LogP contribution in [0, 0.1) is 11.3 Å². The second kappa shape index (κ2) is 5.78. The Morgan fingerprint density at radius 3 is 2.88 bits per heavy atom. The van der Waals surface area contributed by atoms with E-state index in [0.29, 0.717) is 18.9 Å². The van der Waals surface area contributed by atoms with E-state index >= 15 is 0 Å². The fourth-order valence-corrected chi connectivity index (χ4v) is 2.55. The van der Waals surface area contributed by atoms with Gasteiger partial charge in [0.25, 0.3) is 0 Å². The number of aromatic nitrogens is 3. The molecule has 1 heterocycles. The molecule has 0 N–H and O–H groups in total. The van der Waals surface area contributed by atoms with Gasteiger partial charge in [-0.1, -0.05) is 18.1 Å². The minimum atomic E-state index is 0.360. The van der Waals surface area contributed by atoms with E-state index in [0.717, 1.165) is 12.2 Å². The van der Waals surface area contributed by atoms with Crippen LogP contribution in [0.3, 0.4) is 0 Å². The number of nitriles is 1. The summed E-state index contributed by atoms with van der Waals surface area (Å²) in [7, 11) is 1.68. The Labute approximate surface area is 101 Å². The Balaban J connectivity index is 2.22. The van der Waals surface area contributed by atoms with Crippen molar-refractivity contribution in [2.75, 3.05) is 13.7 Å². The van der Waals surface area contributed by atoms with Crippen LogP contribution in [0.15, 0.2) is 0 Å². The lowest BCUT2D eigenvalue weighted by atomic mass is 10.0. The van der Waals surface area contributed by atoms with E-state index in [1.165, 1.54) is 31.4 Å². The third-order valence-electron chi connectivity index (χ3n) is 3.34. The van der Waals surface area contributed by atoms with Crippen molar-refractivity contribution in [3.8, 4) is 6.07 Å². The van der Waals surface area contributed by atoms with E-state index in [9.17, 15) is 0 Å². The van der Waals surface area contributed by atoms with Gasteiger partial charge >= 0.3 is 0 Å². The fourth-order valence-electron chi connectivity index (χ4n) is 2.55. The molecule has 2 rings (SSSR count). The van der Waals surface area contributed by atoms with E-state index in [1.54, 1.807) is 7.11 Å². The fraction of sp³-hybridized carbons (Fsp3) is 0.750. The topological polar surface area (TPSA) is 63.7 Å². The molecule has 1 aliphatic rings. The molecule has 92 valence electrons. The van der Waals surface area contributed by atoms with E-state index < -0.39 is 0 Å². The molecular weight excluding hydrogens is 216 g/mol. The van der Waals surface area contributed by atoms with Crippen molar-refractivity contribution in [3.63, 3.8) is 0 Å². The molecule has 5 heteroatoms. The van der Waals surface area contributed by atoms with Gasteiger partial charge in [-0.2, -0.15) is 5.26 Å². The summed E-state index contributed by atoms with van der Waals surface area (Å²) >= 11 is 0. The Hall–Kier alpha value is -1.41. The van der Waals surface area contributed by atoms with E-state index in [1.807, 2.05) is 4.68 Å². The molecule has 0 bridgehead atoms. The van der Waals surface area contributed by atoms with E-state index in [4.69, 9.17) is 10.00 Å². The van der Waals surface area contributed by atoms with Crippen LogP contribution in [-0.2, 0) is 17.7 Å². The highest BCUT2D eigenvalue weighted by Gasteiger charge is 2.25. The SMILES string of the molecule is COCCn1nnc(CC#N)c1C1CCCC1. The Kier molecular flexibility index (Phi) is 4.10. The van der Waals surface area contributed by atoms with Crippen molar-refractivity contribution >= 4 is 0 Å². The van der Waals surface area contributed by atoms with Crippen LogP contribution in [0.2, 0.25) is 0 Å². The van der Waals surface area contributed by atoms with Gasteiger partial charge in [0.1, 0.15) is 5.69 Å². The van der Waals surface area contributed by atoms with Crippen LogP contribution in [0.25, 0.3) is 0 Å². The van der Waals surface area contributed by atoms with Gasteiger partial charge in [0.15, 0.2) is 0 Å². The van der Waals surface area contributed by atoms with Crippen LogP contribution in [0.1, 0.15) is 43.0 Å². The molecule has 1 aromatic heterocycles. The van der Waals surface area contributed by atoms with Crippen LogP contribution in [0.5, 0.6) is 0 Å². The third kappa shape index (κ3) is 2.64. The number of methoxy groups -OCH3 is 1. The number of rotatable bonds is 5. The molecule has 0 atom stereocenters. The summed E-state index contributed by atoms with van der Waals surface area (Å²) in [6.07, 6.45) is 5.29. The molecule has 0 radical (unpaired) electrons. The molecule has 1 aromatic rings. The van der Waals surface area contributed by atoms with Gasteiger partial charge in [-0.15, -0.1) is 5.10 Å². The summed E-state index contributed by atoms with van der Waals surface area (Å²) in [5, 5.41) is 17.1. The maximum Gasteiger partial charge on any atom is 0.100 e. The molecular formula is C12H18N4O. The molecule has 0 unspecified atom stereocenters. The Bertz CT molecular complexity index is 401. The summed E-state index contributed by atoms with van der Waals surface area (Å²) in [4.78, 5) is 0. The van der Waals surface area contributed by atoms with E-state index in [2.05, 4.69) is 16.4 Å². The minimum absolute atomic E-state index is 0.360. The van der Waals surface area contributed by atoms with Crippen molar-refractivity contribution in [3.05, 3.63) is 11.4 Å². The normalized spacial score (nSPS) is 16.2. The van der Waals surface area contributed by atoms with Crippen LogP contribution >= 0.6 is 0 Å². The largest absolute Gasteiger partial charge is 0.383 e. The van der Waals surface area contributed by atoms with Gasteiger partial charge in [-0.3, -0.25) is 0 Å². The zero-order valence-electron chi connectivity index (χ0n) is 10.2. The van der Waals surface area contributed by atoms with Gasteiger partial charge in [0.05, 0.1) is 31.3 Å². The van der Waals surface area contributed by atoms with Crippen LogP contribution in [-0.4, -0.2) is 28.7 Å². The molecule has 5 nitrogen and oxygen atoms in total. The van der Waals surface area contributed by atoms with Crippen molar-refractivity contribution in [2.24, 2.45) is 0 Å². The monoisotopic (exact) mass is 234 g/mol. The summed E-state index contributed by atoms with van der Waals surface area (Å²) in [5.74, 6) is 0.533.